The number of amides is 2. The van der Waals surface area contributed by atoms with Gasteiger partial charge in [-0.25, -0.2) is 8.42 Å². The van der Waals surface area contributed by atoms with Crippen molar-refractivity contribution in [3.8, 4) is 0 Å². The molecule has 2 aromatic rings. The molecule has 7 nitrogen and oxygen atoms in total. The molecular weight excluding hydrogens is 602 g/mol. The van der Waals surface area contributed by atoms with Gasteiger partial charge in [-0.1, -0.05) is 61.6 Å². The zero-order chi connectivity index (χ0) is 29.7. The predicted octanol–water partition coefficient (Wildman–Crippen LogP) is 6.01. The van der Waals surface area contributed by atoms with E-state index in [2.05, 4.69) is 5.32 Å². The van der Waals surface area contributed by atoms with Gasteiger partial charge in [0.15, 0.2) is 0 Å². The number of alkyl halides is 3. The van der Waals surface area contributed by atoms with Crippen LogP contribution in [0.3, 0.4) is 0 Å². The maximum atomic E-state index is 13.7. The summed E-state index contributed by atoms with van der Waals surface area (Å²) in [5, 5.41) is 2.93. The van der Waals surface area contributed by atoms with E-state index < -0.39 is 51.9 Å². The normalized spacial score (nSPS) is 12.8. The zero-order valence-corrected chi connectivity index (χ0v) is 24.7. The van der Waals surface area contributed by atoms with Gasteiger partial charge in [0.25, 0.3) is 0 Å². The number of anilines is 1. The van der Waals surface area contributed by atoms with Gasteiger partial charge in [-0.05, 0) is 48.2 Å². The van der Waals surface area contributed by atoms with Gasteiger partial charge in [-0.2, -0.15) is 13.2 Å². The topological polar surface area (TPSA) is 86.8 Å². The van der Waals surface area contributed by atoms with Crippen LogP contribution in [-0.2, 0) is 32.3 Å². The van der Waals surface area contributed by atoms with Crippen molar-refractivity contribution in [1.29, 1.82) is 0 Å². The van der Waals surface area contributed by atoms with Crippen molar-refractivity contribution in [2.75, 3.05) is 23.7 Å². The summed E-state index contributed by atoms with van der Waals surface area (Å²) >= 11 is 18.2. The Morgan fingerprint density at radius 2 is 1.62 bits per heavy atom. The Morgan fingerprint density at radius 3 is 2.13 bits per heavy atom. The molecule has 0 heterocycles. The van der Waals surface area contributed by atoms with Crippen molar-refractivity contribution in [2.45, 2.75) is 46.0 Å². The lowest BCUT2D eigenvalue weighted by Crippen LogP contribution is -2.52. The molecule has 0 saturated heterocycles. The number of nitrogens with zero attached hydrogens (tertiary/aromatic N) is 2. The van der Waals surface area contributed by atoms with Crippen LogP contribution < -0.4 is 9.62 Å². The van der Waals surface area contributed by atoms with Gasteiger partial charge in [-0.3, -0.25) is 13.9 Å². The van der Waals surface area contributed by atoms with Crippen LogP contribution in [0.2, 0.25) is 15.1 Å². The first kappa shape index (κ1) is 33.0. The van der Waals surface area contributed by atoms with Crippen molar-refractivity contribution in [1.82, 2.24) is 10.2 Å². The molecule has 2 rings (SSSR count). The number of carbonyl (C=O) groups is 2. The lowest BCUT2D eigenvalue weighted by Gasteiger charge is -2.33. The highest BCUT2D eigenvalue weighted by molar-refractivity contribution is 7.92. The fourth-order valence-corrected chi connectivity index (χ4v) is 5.10. The van der Waals surface area contributed by atoms with Crippen LogP contribution in [0, 0.1) is 5.92 Å². The second-order valence-corrected chi connectivity index (χ2v) is 12.4. The van der Waals surface area contributed by atoms with E-state index in [0.717, 1.165) is 17.2 Å². The Labute approximate surface area is 241 Å². The van der Waals surface area contributed by atoms with Crippen LogP contribution in [0.15, 0.2) is 36.4 Å². The van der Waals surface area contributed by atoms with E-state index in [4.69, 9.17) is 34.8 Å². The zero-order valence-electron chi connectivity index (χ0n) is 21.7. The van der Waals surface area contributed by atoms with Gasteiger partial charge >= 0.3 is 6.18 Å². The number of rotatable bonds is 11. The van der Waals surface area contributed by atoms with Crippen LogP contribution in [0.4, 0.5) is 18.9 Å². The number of hydrogen-bond acceptors (Lipinski definition) is 4. The summed E-state index contributed by atoms with van der Waals surface area (Å²) in [4.78, 5) is 27.9. The molecule has 14 heteroatoms. The molecule has 0 aliphatic rings. The van der Waals surface area contributed by atoms with Crippen LogP contribution in [0.5, 0.6) is 0 Å². The molecule has 0 aliphatic heterocycles. The number of carbonyl (C=O) groups excluding carboxylic acids is 2. The van der Waals surface area contributed by atoms with Crippen LogP contribution in [-0.4, -0.2) is 50.5 Å². The molecule has 2 aromatic carbocycles. The summed E-state index contributed by atoms with van der Waals surface area (Å²) in [5.74, 6) is -1.19. The number of benzene rings is 2. The maximum absolute atomic E-state index is 13.7. The molecule has 2 amide bonds. The number of sulfonamides is 1. The molecule has 0 spiro atoms. The highest BCUT2D eigenvalue weighted by Gasteiger charge is 2.35. The molecule has 0 unspecified atom stereocenters. The fourth-order valence-electron chi connectivity index (χ4n) is 3.65. The lowest BCUT2D eigenvalue weighted by atomic mass is 10.1. The molecule has 216 valence electrons. The van der Waals surface area contributed by atoms with Gasteiger partial charge in [0.2, 0.25) is 21.8 Å². The summed E-state index contributed by atoms with van der Waals surface area (Å²) in [5.41, 5.74) is -1.17. The second kappa shape index (κ2) is 13.4. The van der Waals surface area contributed by atoms with Gasteiger partial charge in [0, 0.05) is 13.1 Å². The van der Waals surface area contributed by atoms with Crippen molar-refractivity contribution in [3.05, 3.63) is 62.6 Å². The maximum Gasteiger partial charge on any atom is 0.416 e. The van der Waals surface area contributed by atoms with E-state index in [-0.39, 0.29) is 34.0 Å². The molecule has 0 aromatic heterocycles. The van der Waals surface area contributed by atoms with E-state index in [1.54, 1.807) is 13.0 Å². The SMILES string of the molecule is CC[C@H](C(=O)NCC(C)C)N(Cc1ccc(Cl)c(Cl)c1)C(=O)CN(c1cc(C(F)(F)F)ccc1Cl)S(C)(=O)=O. The van der Waals surface area contributed by atoms with Crippen molar-refractivity contribution < 1.29 is 31.2 Å². The first-order valence-corrected chi connectivity index (χ1v) is 14.8. The monoisotopic (exact) mass is 629 g/mol. The lowest BCUT2D eigenvalue weighted by molar-refractivity contribution is -0.140. The Balaban J connectivity index is 2.55. The average Bonchev–Trinajstić information content (AvgIpc) is 2.82. The van der Waals surface area contributed by atoms with Crippen LogP contribution in [0.1, 0.15) is 38.3 Å². The minimum Gasteiger partial charge on any atom is -0.354 e. The molecule has 39 heavy (non-hydrogen) atoms. The predicted molar refractivity (Wildman–Crippen MR) is 148 cm³/mol. The Bertz CT molecular complexity index is 1310. The van der Waals surface area contributed by atoms with Crippen molar-refractivity contribution >= 4 is 62.3 Å². The summed E-state index contributed by atoms with van der Waals surface area (Å²) in [7, 11) is -4.30. The summed E-state index contributed by atoms with van der Waals surface area (Å²) in [6.45, 7) is 4.73. The highest BCUT2D eigenvalue weighted by atomic mass is 35.5. The van der Waals surface area contributed by atoms with E-state index in [1.165, 1.54) is 12.1 Å². The molecule has 1 atom stereocenters. The third kappa shape index (κ3) is 9.16. The third-order valence-electron chi connectivity index (χ3n) is 5.63. The Kier molecular flexibility index (Phi) is 11.4. The molecule has 0 fully saturated rings. The molecule has 1 N–H and O–H groups in total. The summed E-state index contributed by atoms with van der Waals surface area (Å²) in [6.07, 6.45) is -3.87. The molecule has 0 bridgehead atoms. The van der Waals surface area contributed by atoms with Crippen molar-refractivity contribution in [2.24, 2.45) is 5.92 Å². The Hall–Kier alpha value is -2.21. The first-order valence-electron chi connectivity index (χ1n) is 11.8. The summed E-state index contributed by atoms with van der Waals surface area (Å²) < 4.78 is 66.0. The van der Waals surface area contributed by atoms with Gasteiger partial charge in [-0.15, -0.1) is 0 Å². The minimum atomic E-state index is -4.78. The van der Waals surface area contributed by atoms with Crippen LogP contribution in [0.25, 0.3) is 0 Å². The minimum absolute atomic E-state index is 0.120. The van der Waals surface area contributed by atoms with Crippen molar-refractivity contribution in [3.63, 3.8) is 0 Å². The van der Waals surface area contributed by atoms with E-state index in [9.17, 15) is 31.2 Å². The average molecular weight is 631 g/mol. The second-order valence-electron chi connectivity index (χ2n) is 9.27. The van der Waals surface area contributed by atoms with Crippen LogP contribution >= 0.6 is 34.8 Å². The number of hydrogen-bond donors (Lipinski definition) is 1. The third-order valence-corrected chi connectivity index (χ3v) is 7.81. The smallest absolute Gasteiger partial charge is 0.354 e. The molecular formula is C25H29Cl3F3N3O4S. The number of nitrogens with one attached hydrogen (secondary N) is 1. The quantitative estimate of drug-likeness (QED) is 0.330. The summed E-state index contributed by atoms with van der Waals surface area (Å²) in [6, 6.07) is 5.75. The first-order chi connectivity index (χ1) is 17.9. The standard InChI is InChI=1S/C25H29Cl3F3N3O4S/c1-5-21(24(36)32-12-15(2)3)33(13-16-6-8-18(26)20(28)10-16)23(35)14-34(39(4,37)38)22-11-17(25(29,30)31)7-9-19(22)27/h6-11,15,21H,5,12-14H2,1-4H3,(H,32,36)/t21-/m1/s1. The highest BCUT2D eigenvalue weighted by Crippen LogP contribution is 2.36. The van der Waals surface area contributed by atoms with Gasteiger partial charge in [0.1, 0.15) is 12.6 Å². The molecule has 0 radical (unpaired) electrons. The molecule has 0 saturated carbocycles. The van der Waals surface area contributed by atoms with E-state index >= 15 is 0 Å². The fraction of sp³-hybridized carbons (Fsp3) is 0.440. The van der Waals surface area contributed by atoms with Gasteiger partial charge in [0.05, 0.1) is 32.6 Å². The number of halogens is 6. The van der Waals surface area contributed by atoms with E-state index in [1.807, 2.05) is 13.8 Å². The van der Waals surface area contributed by atoms with Gasteiger partial charge < -0.3 is 10.2 Å². The van der Waals surface area contributed by atoms with E-state index in [0.29, 0.717) is 28.5 Å². The Morgan fingerprint density at radius 1 is 1.00 bits per heavy atom. The molecule has 0 aliphatic carbocycles. The largest absolute Gasteiger partial charge is 0.416 e.